The first-order valence-electron chi connectivity index (χ1n) is 5.74. The molecule has 0 aliphatic heterocycles. The van der Waals surface area contributed by atoms with Gasteiger partial charge in [0, 0.05) is 0 Å². The van der Waals surface area contributed by atoms with E-state index in [0.717, 1.165) is 5.75 Å². The van der Waals surface area contributed by atoms with E-state index >= 15 is 0 Å². The van der Waals surface area contributed by atoms with Gasteiger partial charge in [-0.25, -0.2) is 0 Å². The zero-order valence-corrected chi connectivity index (χ0v) is 10.0. The van der Waals surface area contributed by atoms with Crippen LogP contribution in [0.2, 0.25) is 0 Å². The Balaban J connectivity index is 2.36. The summed E-state index contributed by atoms with van der Waals surface area (Å²) >= 11 is 0. The van der Waals surface area contributed by atoms with Crippen molar-refractivity contribution in [2.75, 3.05) is 7.11 Å². The molecule has 1 heteroatoms. The van der Waals surface area contributed by atoms with Gasteiger partial charge in [-0.15, -0.1) is 0 Å². The lowest BCUT2D eigenvalue weighted by molar-refractivity contribution is 0.415. The predicted molar refractivity (Wildman–Crippen MR) is 72.7 cm³/mol. The van der Waals surface area contributed by atoms with Gasteiger partial charge in [-0.2, -0.15) is 0 Å². The van der Waals surface area contributed by atoms with Crippen LogP contribution in [0.4, 0.5) is 0 Å². The zero-order valence-electron chi connectivity index (χ0n) is 10.0. The summed E-state index contributed by atoms with van der Waals surface area (Å²) in [4.78, 5) is 0. The number of fused-ring (bicyclic) bond motifs is 2. The van der Waals surface area contributed by atoms with E-state index in [1.54, 1.807) is 7.11 Å². The fraction of sp³-hybridized carbons (Fsp3) is 0.125. The maximum atomic E-state index is 5.26. The van der Waals surface area contributed by atoms with E-state index in [-0.39, 0.29) is 0 Å². The number of aryl methyl sites for hydroxylation is 1. The van der Waals surface area contributed by atoms with Crippen LogP contribution in [0.5, 0.6) is 5.75 Å². The number of hydrogen-bond donors (Lipinski definition) is 0. The molecule has 0 N–H and O–H groups in total. The van der Waals surface area contributed by atoms with Crippen molar-refractivity contribution >= 4 is 21.5 Å². The highest BCUT2D eigenvalue weighted by atomic mass is 16.5. The van der Waals surface area contributed by atoms with Gasteiger partial charge in [0.15, 0.2) is 0 Å². The second-order valence-corrected chi connectivity index (χ2v) is 4.42. The lowest BCUT2D eigenvalue weighted by Gasteiger charge is -2.05. The first-order valence-corrected chi connectivity index (χ1v) is 5.74. The average Bonchev–Trinajstić information content (AvgIpc) is 2.35. The molecule has 0 heterocycles. The number of ether oxygens (including phenoxy) is 1. The summed E-state index contributed by atoms with van der Waals surface area (Å²) in [5, 5.41) is 5.05. The van der Waals surface area contributed by atoms with Crippen LogP contribution in [0.15, 0.2) is 48.5 Å². The second-order valence-electron chi connectivity index (χ2n) is 4.42. The Bertz CT molecular complexity index is 698. The largest absolute Gasteiger partial charge is 0.497 e. The molecule has 0 atom stereocenters. The van der Waals surface area contributed by atoms with Crippen molar-refractivity contribution in [2.45, 2.75) is 6.92 Å². The molecule has 0 aromatic heterocycles. The summed E-state index contributed by atoms with van der Waals surface area (Å²) in [6.07, 6.45) is 0. The number of benzene rings is 3. The van der Waals surface area contributed by atoms with E-state index in [1.165, 1.54) is 27.1 Å². The average molecular weight is 222 g/mol. The van der Waals surface area contributed by atoms with Crippen LogP contribution >= 0.6 is 0 Å². The quantitative estimate of drug-likeness (QED) is 0.557. The maximum absolute atomic E-state index is 5.26. The first kappa shape index (κ1) is 10.2. The fourth-order valence-corrected chi connectivity index (χ4v) is 2.22. The highest BCUT2D eigenvalue weighted by Gasteiger charge is 2.00. The zero-order chi connectivity index (χ0) is 11.8. The minimum atomic E-state index is 0.907. The Morgan fingerprint density at radius 2 is 1.35 bits per heavy atom. The molecule has 0 aliphatic carbocycles. The molecule has 84 valence electrons. The van der Waals surface area contributed by atoms with Gasteiger partial charge in [-0.05, 0) is 52.7 Å². The maximum Gasteiger partial charge on any atom is 0.119 e. The molecule has 3 aromatic carbocycles. The number of hydrogen-bond acceptors (Lipinski definition) is 1. The highest BCUT2D eigenvalue weighted by Crippen LogP contribution is 2.26. The van der Waals surface area contributed by atoms with Crippen LogP contribution in [-0.4, -0.2) is 7.11 Å². The Labute approximate surface area is 101 Å². The smallest absolute Gasteiger partial charge is 0.119 e. The van der Waals surface area contributed by atoms with Gasteiger partial charge in [-0.3, -0.25) is 0 Å². The van der Waals surface area contributed by atoms with Crippen molar-refractivity contribution in [3.05, 3.63) is 54.1 Å². The summed E-state index contributed by atoms with van der Waals surface area (Å²) in [5.41, 5.74) is 1.29. The van der Waals surface area contributed by atoms with Gasteiger partial charge >= 0.3 is 0 Å². The molecule has 1 nitrogen and oxygen atoms in total. The summed E-state index contributed by atoms with van der Waals surface area (Å²) in [7, 11) is 1.70. The SMILES string of the molecule is COc1ccc2cc3ccc(C)cc3cc2c1. The summed E-state index contributed by atoms with van der Waals surface area (Å²) < 4.78 is 5.26. The van der Waals surface area contributed by atoms with Crippen molar-refractivity contribution in [1.82, 2.24) is 0 Å². The molecule has 0 aliphatic rings. The van der Waals surface area contributed by atoms with Crippen LogP contribution in [-0.2, 0) is 0 Å². The lowest BCUT2D eigenvalue weighted by atomic mass is 10.0. The molecule has 0 radical (unpaired) electrons. The van der Waals surface area contributed by atoms with Gasteiger partial charge in [-0.1, -0.05) is 29.8 Å². The molecular formula is C16H14O. The van der Waals surface area contributed by atoms with Crippen LogP contribution in [0.1, 0.15) is 5.56 Å². The standard InChI is InChI=1S/C16H14O/c1-11-3-4-12-8-13-5-6-16(17-2)10-15(13)9-14(12)7-11/h3-10H,1-2H3. The van der Waals surface area contributed by atoms with Gasteiger partial charge in [0.05, 0.1) is 7.11 Å². The minimum Gasteiger partial charge on any atom is -0.497 e. The molecule has 0 fully saturated rings. The van der Waals surface area contributed by atoms with E-state index in [4.69, 9.17) is 4.74 Å². The summed E-state index contributed by atoms with van der Waals surface area (Å²) in [6, 6.07) is 17.2. The third kappa shape index (κ3) is 1.74. The van der Waals surface area contributed by atoms with Crippen LogP contribution < -0.4 is 4.74 Å². The second kappa shape index (κ2) is 3.77. The summed E-state index contributed by atoms with van der Waals surface area (Å²) in [5.74, 6) is 0.907. The topological polar surface area (TPSA) is 9.23 Å². The Morgan fingerprint density at radius 1 is 0.706 bits per heavy atom. The van der Waals surface area contributed by atoms with E-state index in [1.807, 2.05) is 6.07 Å². The fourth-order valence-electron chi connectivity index (χ4n) is 2.22. The van der Waals surface area contributed by atoms with Crippen LogP contribution in [0.25, 0.3) is 21.5 Å². The molecule has 0 bridgehead atoms. The molecule has 0 amide bonds. The molecule has 0 unspecified atom stereocenters. The van der Waals surface area contributed by atoms with E-state index in [9.17, 15) is 0 Å². The lowest BCUT2D eigenvalue weighted by Crippen LogP contribution is -1.83. The predicted octanol–water partition coefficient (Wildman–Crippen LogP) is 4.31. The van der Waals surface area contributed by atoms with E-state index in [0.29, 0.717) is 0 Å². The Morgan fingerprint density at radius 3 is 2.12 bits per heavy atom. The number of methoxy groups -OCH3 is 1. The van der Waals surface area contributed by atoms with E-state index in [2.05, 4.69) is 49.4 Å². The van der Waals surface area contributed by atoms with Crippen molar-refractivity contribution in [2.24, 2.45) is 0 Å². The molecule has 0 spiro atoms. The third-order valence-electron chi connectivity index (χ3n) is 3.16. The minimum absolute atomic E-state index is 0.907. The normalized spacial score (nSPS) is 10.9. The van der Waals surface area contributed by atoms with Gasteiger partial charge in [0.25, 0.3) is 0 Å². The van der Waals surface area contributed by atoms with Crippen molar-refractivity contribution in [3.8, 4) is 5.75 Å². The van der Waals surface area contributed by atoms with Crippen molar-refractivity contribution < 1.29 is 4.74 Å². The summed E-state index contributed by atoms with van der Waals surface area (Å²) in [6.45, 7) is 2.12. The van der Waals surface area contributed by atoms with Gasteiger partial charge in [0.1, 0.15) is 5.75 Å². The molecule has 0 saturated heterocycles. The van der Waals surface area contributed by atoms with Crippen LogP contribution in [0, 0.1) is 6.92 Å². The highest BCUT2D eigenvalue weighted by molar-refractivity contribution is 5.98. The molecule has 0 saturated carbocycles. The van der Waals surface area contributed by atoms with Crippen LogP contribution in [0.3, 0.4) is 0 Å². The number of rotatable bonds is 1. The molecule has 3 aromatic rings. The molecular weight excluding hydrogens is 208 g/mol. The molecule has 3 rings (SSSR count). The Kier molecular flexibility index (Phi) is 2.25. The monoisotopic (exact) mass is 222 g/mol. The first-order chi connectivity index (χ1) is 8.26. The third-order valence-corrected chi connectivity index (χ3v) is 3.16. The molecule has 17 heavy (non-hydrogen) atoms. The van der Waals surface area contributed by atoms with Crippen molar-refractivity contribution in [1.29, 1.82) is 0 Å². The Hall–Kier alpha value is -2.02. The van der Waals surface area contributed by atoms with Gasteiger partial charge in [0.2, 0.25) is 0 Å². The van der Waals surface area contributed by atoms with Crippen molar-refractivity contribution in [3.63, 3.8) is 0 Å². The van der Waals surface area contributed by atoms with Gasteiger partial charge < -0.3 is 4.74 Å². The van der Waals surface area contributed by atoms with E-state index < -0.39 is 0 Å².